The first-order valence-electron chi connectivity index (χ1n) is 10.5. The molecule has 1 amide bonds. The number of rotatable bonds is 7. The van der Waals surface area contributed by atoms with E-state index in [9.17, 15) is 9.59 Å². The molecule has 1 heterocycles. The number of nitrogens with zero attached hydrogens (tertiary/aromatic N) is 1. The topological polar surface area (TPSA) is 72.6 Å². The standard InChI is InChI=1S/C24H29ClN2O3/c1-3-19(20-15-18(25)11-12-21(20)27-13-5-4-6-14-27)22(23(26)28)16-7-9-17(10-8-16)24(29)30-2/h7-12,15,19,22H,3-6,13-14H2,1-2H3,(H2,26,28). The SMILES string of the molecule is CCC(c1cc(Cl)ccc1N1CCCCC1)C(C(N)=O)c1ccc(C(=O)OC)cc1. The van der Waals surface area contributed by atoms with Gasteiger partial charge in [0.05, 0.1) is 18.6 Å². The molecule has 1 aliphatic heterocycles. The van der Waals surface area contributed by atoms with Crippen LogP contribution in [-0.2, 0) is 9.53 Å². The number of amides is 1. The van der Waals surface area contributed by atoms with Gasteiger partial charge in [-0.25, -0.2) is 4.79 Å². The highest BCUT2D eigenvalue weighted by Gasteiger charge is 2.31. The molecule has 160 valence electrons. The van der Waals surface area contributed by atoms with Crippen molar-refractivity contribution in [3.8, 4) is 0 Å². The first-order valence-corrected chi connectivity index (χ1v) is 10.9. The van der Waals surface area contributed by atoms with E-state index in [2.05, 4.69) is 17.9 Å². The normalized spacial score (nSPS) is 16.0. The number of carbonyl (C=O) groups excluding carboxylic acids is 2. The summed E-state index contributed by atoms with van der Waals surface area (Å²) < 4.78 is 4.77. The number of piperidine rings is 1. The van der Waals surface area contributed by atoms with Crippen molar-refractivity contribution in [2.24, 2.45) is 5.73 Å². The van der Waals surface area contributed by atoms with Crippen LogP contribution in [0.3, 0.4) is 0 Å². The fourth-order valence-electron chi connectivity index (χ4n) is 4.42. The molecule has 0 bridgehead atoms. The highest BCUT2D eigenvalue weighted by molar-refractivity contribution is 6.30. The maximum atomic E-state index is 12.6. The molecule has 2 aromatic carbocycles. The van der Waals surface area contributed by atoms with Crippen LogP contribution >= 0.6 is 11.6 Å². The minimum Gasteiger partial charge on any atom is -0.465 e. The van der Waals surface area contributed by atoms with E-state index >= 15 is 0 Å². The van der Waals surface area contributed by atoms with E-state index in [0.29, 0.717) is 10.6 Å². The van der Waals surface area contributed by atoms with Crippen molar-refractivity contribution in [2.75, 3.05) is 25.1 Å². The fourth-order valence-corrected chi connectivity index (χ4v) is 4.60. The van der Waals surface area contributed by atoms with Crippen molar-refractivity contribution in [1.29, 1.82) is 0 Å². The van der Waals surface area contributed by atoms with Crippen molar-refractivity contribution in [2.45, 2.75) is 44.4 Å². The number of esters is 1. The van der Waals surface area contributed by atoms with E-state index < -0.39 is 17.8 Å². The molecule has 2 N–H and O–H groups in total. The smallest absolute Gasteiger partial charge is 0.337 e. The number of hydrogen-bond acceptors (Lipinski definition) is 4. The summed E-state index contributed by atoms with van der Waals surface area (Å²) in [6.07, 6.45) is 4.29. The van der Waals surface area contributed by atoms with Crippen LogP contribution < -0.4 is 10.6 Å². The number of nitrogens with two attached hydrogens (primary N) is 1. The number of halogens is 1. The van der Waals surface area contributed by atoms with Crippen molar-refractivity contribution in [3.05, 3.63) is 64.2 Å². The van der Waals surface area contributed by atoms with Gasteiger partial charge in [0, 0.05) is 29.7 Å². The van der Waals surface area contributed by atoms with E-state index in [4.69, 9.17) is 22.1 Å². The molecule has 0 aromatic heterocycles. The molecule has 3 rings (SSSR count). The van der Waals surface area contributed by atoms with Gasteiger partial charge in [-0.3, -0.25) is 4.79 Å². The van der Waals surface area contributed by atoms with Gasteiger partial charge in [0.15, 0.2) is 0 Å². The third-order valence-electron chi connectivity index (χ3n) is 5.93. The molecule has 6 heteroatoms. The lowest BCUT2D eigenvalue weighted by molar-refractivity contribution is -0.120. The van der Waals surface area contributed by atoms with Crippen LogP contribution in [0.4, 0.5) is 5.69 Å². The predicted molar refractivity (Wildman–Crippen MR) is 120 cm³/mol. The summed E-state index contributed by atoms with van der Waals surface area (Å²) in [5.41, 5.74) is 9.30. The molecule has 1 saturated heterocycles. The summed E-state index contributed by atoms with van der Waals surface area (Å²) >= 11 is 6.37. The Balaban J connectivity index is 2.02. The van der Waals surface area contributed by atoms with Crippen LogP contribution in [0.2, 0.25) is 5.02 Å². The van der Waals surface area contributed by atoms with E-state index in [1.54, 1.807) is 24.3 Å². The monoisotopic (exact) mass is 428 g/mol. The second kappa shape index (κ2) is 9.98. The Bertz CT molecular complexity index is 892. The van der Waals surface area contributed by atoms with Crippen LogP contribution in [0.1, 0.15) is 65.9 Å². The van der Waals surface area contributed by atoms with Gasteiger partial charge in [-0.2, -0.15) is 0 Å². The maximum absolute atomic E-state index is 12.6. The first kappa shape index (κ1) is 22.2. The third-order valence-corrected chi connectivity index (χ3v) is 6.16. The van der Waals surface area contributed by atoms with E-state index in [1.165, 1.54) is 13.5 Å². The molecule has 0 spiro atoms. The molecule has 0 aliphatic carbocycles. The van der Waals surface area contributed by atoms with Gasteiger partial charge < -0.3 is 15.4 Å². The lowest BCUT2D eigenvalue weighted by atomic mass is 9.78. The van der Waals surface area contributed by atoms with Crippen LogP contribution in [0.15, 0.2) is 42.5 Å². The van der Waals surface area contributed by atoms with Crippen LogP contribution in [0, 0.1) is 0 Å². The third kappa shape index (κ3) is 4.78. The average molecular weight is 429 g/mol. The largest absolute Gasteiger partial charge is 0.465 e. The summed E-state index contributed by atoms with van der Waals surface area (Å²) in [4.78, 5) is 26.8. The summed E-state index contributed by atoms with van der Waals surface area (Å²) in [5, 5.41) is 0.647. The van der Waals surface area contributed by atoms with Gasteiger partial charge in [0.25, 0.3) is 0 Å². The molecular formula is C24H29ClN2O3. The Morgan fingerprint density at radius 3 is 2.33 bits per heavy atom. The van der Waals surface area contributed by atoms with E-state index in [0.717, 1.165) is 49.2 Å². The fraction of sp³-hybridized carbons (Fsp3) is 0.417. The Morgan fingerprint density at radius 1 is 1.10 bits per heavy atom. The zero-order valence-corrected chi connectivity index (χ0v) is 18.3. The molecule has 2 aromatic rings. The van der Waals surface area contributed by atoms with Gasteiger partial charge in [0.2, 0.25) is 5.91 Å². The van der Waals surface area contributed by atoms with Crippen molar-refractivity contribution in [1.82, 2.24) is 0 Å². The zero-order chi connectivity index (χ0) is 21.7. The van der Waals surface area contributed by atoms with Crippen molar-refractivity contribution in [3.63, 3.8) is 0 Å². The summed E-state index contributed by atoms with van der Waals surface area (Å²) in [6, 6.07) is 12.9. The minimum absolute atomic E-state index is 0.123. The highest BCUT2D eigenvalue weighted by atomic mass is 35.5. The predicted octanol–water partition coefficient (Wildman–Crippen LogP) is 4.88. The van der Waals surface area contributed by atoms with Crippen molar-refractivity contribution < 1.29 is 14.3 Å². The number of benzene rings is 2. The van der Waals surface area contributed by atoms with Gasteiger partial charge in [-0.1, -0.05) is 30.7 Å². The van der Waals surface area contributed by atoms with E-state index in [-0.39, 0.29) is 5.92 Å². The van der Waals surface area contributed by atoms with Crippen LogP contribution in [0.5, 0.6) is 0 Å². The summed E-state index contributed by atoms with van der Waals surface area (Å²) in [5.74, 6) is -1.45. The van der Waals surface area contributed by atoms with Gasteiger partial charge in [-0.15, -0.1) is 0 Å². The molecule has 0 saturated carbocycles. The molecule has 1 fully saturated rings. The van der Waals surface area contributed by atoms with Crippen molar-refractivity contribution >= 4 is 29.2 Å². The van der Waals surface area contributed by atoms with Crippen LogP contribution in [0.25, 0.3) is 0 Å². The van der Waals surface area contributed by atoms with Gasteiger partial charge in [0.1, 0.15) is 0 Å². The zero-order valence-electron chi connectivity index (χ0n) is 17.6. The molecule has 1 aliphatic rings. The summed E-state index contributed by atoms with van der Waals surface area (Å²) in [7, 11) is 1.34. The quantitative estimate of drug-likeness (QED) is 0.638. The lowest BCUT2D eigenvalue weighted by Gasteiger charge is -2.34. The average Bonchev–Trinajstić information content (AvgIpc) is 2.77. The summed E-state index contributed by atoms with van der Waals surface area (Å²) in [6.45, 7) is 4.06. The lowest BCUT2D eigenvalue weighted by Crippen LogP contribution is -2.32. The second-order valence-electron chi connectivity index (χ2n) is 7.76. The number of methoxy groups -OCH3 is 1. The minimum atomic E-state index is -0.524. The number of anilines is 1. The second-order valence-corrected chi connectivity index (χ2v) is 8.20. The molecule has 0 radical (unpaired) electrons. The number of primary amides is 1. The van der Waals surface area contributed by atoms with E-state index in [1.807, 2.05) is 12.1 Å². The first-order chi connectivity index (χ1) is 14.5. The Hall–Kier alpha value is -2.53. The van der Waals surface area contributed by atoms with Crippen LogP contribution in [-0.4, -0.2) is 32.1 Å². The Labute approximate surface area is 183 Å². The molecule has 5 nitrogen and oxygen atoms in total. The van der Waals surface area contributed by atoms with Gasteiger partial charge >= 0.3 is 5.97 Å². The molecule has 2 unspecified atom stereocenters. The number of ether oxygens (including phenoxy) is 1. The molecular weight excluding hydrogens is 400 g/mol. The highest BCUT2D eigenvalue weighted by Crippen LogP contribution is 2.41. The number of carbonyl (C=O) groups is 2. The maximum Gasteiger partial charge on any atom is 0.337 e. The molecule has 2 atom stereocenters. The Kier molecular flexibility index (Phi) is 7.38. The Morgan fingerprint density at radius 2 is 1.77 bits per heavy atom. The molecule has 30 heavy (non-hydrogen) atoms. The number of hydrogen-bond donors (Lipinski definition) is 1. The van der Waals surface area contributed by atoms with Gasteiger partial charge in [-0.05, 0) is 67.1 Å².